The number of carbonyl (C=O) groups is 1. The molecule has 8 heteroatoms. The third-order valence-corrected chi connectivity index (χ3v) is 4.22. The van der Waals surface area contributed by atoms with Gasteiger partial charge < -0.3 is 20.5 Å². The van der Waals surface area contributed by atoms with Crippen molar-refractivity contribution in [2.24, 2.45) is 5.73 Å². The smallest absolute Gasteiger partial charge is 0.271 e. The number of nitrogens with zero attached hydrogens (tertiary/aromatic N) is 1. The van der Waals surface area contributed by atoms with Crippen LogP contribution in [0.25, 0.3) is 0 Å². The molecular formula is C14H14ClN3O3S. The molecule has 3 rings (SSSR count). The van der Waals surface area contributed by atoms with E-state index in [9.17, 15) is 4.79 Å². The molecule has 2 heterocycles. The lowest BCUT2D eigenvalue weighted by Gasteiger charge is -2.20. The number of carbonyl (C=O) groups excluding carboxylic acids is 1. The zero-order valence-electron chi connectivity index (χ0n) is 11.6. The van der Waals surface area contributed by atoms with Crippen LogP contribution in [-0.4, -0.2) is 24.1 Å². The van der Waals surface area contributed by atoms with Gasteiger partial charge in [0, 0.05) is 18.5 Å². The predicted molar refractivity (Wildman–Crippen MR) is 83.6 cm³/mol. The zero-order valence-corrected chi connectivity index (χ0v) is 13.2. The van der Waals surface area contributed by atoms with Crippen LogP contribution in [0.4, 0.5) is 0 Å². The van der Waals surface area contributed by atoms with Crippen molar-refractivity contribution in [1.29, 1.82) is 0 Å². The van der Waals surface area contributed by atoms with Gasteiger partial charge in [0.05, 0.1) is 5.02 Å². The van der Waals surface area contributed by atoms with E-state index in [1.54, 1.807) is 11.4 Å². The van der Waals surface area contributed by atoms with E-state index < -0.39 is 0 Å². The maximum absolute atomic E-state index is 12.0. The van der Waals surface area contributed by atoms with Gasteiger partial charge in [0.25, 0.3) is 5.91 Å². The molecule has 0 unspecified atom stereocenters. The molecule has 0 radical (unpaired) electrons. The molecule has 1 aliphatic heterocycles. The van der Waals surface area contributed by atoms with Crippen LogP contribution in [-0.2, 0) is 13.1 Å². The lowest BCUT2D eigenvalue weighted by molar-refractivity contribution is 0.0946. The summed E-state index contributed by atoms with van der Waals surface area (Å²) in [5.41, 5.74) is 6.69. The van der Waals surface area contributed by atoms with E-state index in [-0.39, 0.29) is 5.91 Å². The van der Waals surface area contributed by atoms with Gasteiger partial charge in [-0.3, -0.25) is 4.79 Å². The van der Waals surface area contributed by atoms with Gasteiger partial charge in [-0.2, -0.15) is 0 Å². The average Bonchev–Trinajstić information content (AvgIpc) is 3.02. The van der Waals surface area contributed by atoms with Crippen molar-refractivity contribution in [3.8, 4) is 11.5 Å². The summed E-state index contributed by atoms with van der Waals surface area (Å²) < 4.78 is 11.0. The third kappa shape index (κ3) is 3.16. The van der Waals surface area contributed by atoms with Crippen LogP contribution in [0.2, 0.25) is 5.02 Å². The number of nitrogens with one attached hydrogen (secondary N) is 1. The van der Waals surface area contributed by atoms with E-state index in [0.717, 1.165) is 10.6 Å². The van der Waals surface area contributed by atoms with Crippen LogP contribution < -0.4 is 20.5 Å². The molecule has 0 atom stereocenters. The van der Waals surface area contributed by atoms with Crippen molar-refractivity contribution in [2.45, 2.75) is 13.1 Å². The van der Waals surface area contributed by atoms with Crippen molar-refractivity contribution in [3.05, 3.63) is 38.8 Å². The molecule has 0 aliphatic carbocycles. The minimum atomic E-state index is -0.248. The summed E-state index contributed by atoms with van der Waals surface area (Å²) in [5.74, 6) is 0.902. The van der Waals surface area contributed by atoms with E-state index in [1.165, 1.54) is 11.3 Å². The number of benzene rings is 1. The SMILES string of the molecule is NCc1nc(C(=O)NCc2cc(Cl)c3c(c2)OCCO3)cs1. The van der Waals surface area contributed by atoms with Gasteiger partial charge in [-0.25, -0.2) is 4.98 Å². The quantitative estimate of drug-likeness (QED) is 0.889. The second-order valence-electron chi connectivity index (χ2n) is 4.62. The molecule has 6 nitrogen and oxygen atoms in total. The van der Waals surface area contributed by atoms with Gasteiger partial charge in [0.2, 0.25) is 0 Å². The highest BCUT2D eigenvalue weighted by Gasteiger charge is 2.17. The fraction of sp³-hybridized carbons (Fsp3) is 0.286. The number of aromatic nitrogens is 1. The molecular weight excluding hydrogens is 326 g/mol. The minimum Gasteiger partial charge on any atom is -0.486 e. The Morgan fingerprint density at radius 3 is 3.00 bits per heavy atom. The number of thiazole rings is 1. The second kappa shape index (κ2) is 6.51. The van der Waals surface area contributed by atoms with E-state index >= 15 is 0 Å². The molecule has 0 bridgehead atoms. The van der Waals surface area contributed by atoms with E-state index in [0.29, 0.717) is 48.5 Å². The van der Waals surface area contributed by atoms with Gasteiger partial charge in [-0.05, 0) is 17.7 Å². The lowest BCUT2D eigenvalue weighted by Crippen LogP contribution is -2.23. The summed E-state index contributed by atoms with van der Waals surface area (Å²) in [6.45, 7) is 1.62. The van der Waals surface area contributed by atoms with Crippen molar-refractivity contribution >= 4 is 28.8 Å². The van der Waals surface area contributed by atoms with Gasteiger partial charge in [-0.1, -0.05) is 11.6 Å². The van der Waals surface area contributed by atoms with Crippen LogP contribution in [0.5, 0.6) is 11.5 Å². The Kier molecular flexibility index (Phi) is 4.47. The number of hydrogen-bond donors (Lipinski definition) is 2. The fourth-order valence-electron chi connectivity index (χ4n) is 2.05. The Morgan fingerprint density at radius 2 is 2.23 bits per heavy atom. The Hall–Kier alpha value is -1.83. The largest absolute Gasteiger partial charge is 0.486 e. The van der Waals surface area contributed by atoms with Crippen molar-refractivity contribution in [3.63, 3.8) is 0 Å². The summed E-state index contributed by atoms with van der Waals surface area (Å²) in [7, 11) is 0. The maximum Gasteiger partial charge on any atom is 0.271 e. The first kappa shape index (κ1) is 15.1. The number of hydrogen-bond acceptors (Lipinski definition) is 6. The number of nitrogens with two attached hydrogens (primary N) is 1. The molecule has 116 valence electrons. The van der Waals surface area contributed by atoms with Crippen molar-refractivity contribution in [1.82, 2.24) is 10.3 Å². The molecule has 22 heavy (non-hydrogen) atoms. The molecule has 0 saturated carbocycles. The topological polar surface area (TPSA) is 86.5 Å². The monoisotopic (exact) mass is 339 g/mol. The molecule has 0 spiro atoms. The Bertz CT molecular complexity index is 705. The van der Waals surface area contributed by atoms with Crippen molar-refractivity contribution < 1.29 is 14.3 Å². The van der Waals surface area contributed by atoms with Crippen LogP contribution in [0.15, 0.2) is 17.5 Å². The van der Waals surface area contributed by atoms with E-state index in [4.69, 9.17) is 26.8 Å². The van der Waals surface area contributed by atoms with Crippen molar-refractivity contribution in [2.75, 3.05) is 13.2 Å². The second-order valence-corrected chi connectivity index (χ2v) is 5.96. The first-order valence-corrected chi connectivity index (χ1v) is 7.94. The highest BCUT2D eigenvalue weighted by molar-refractivity contribution is 7.09. The van der Waals surface area contributed by atoms with E-state index in [2.05, 4.69) is 10.3 Å². The molecule has 1 aromatic carbocycles. The Labute approximate surface area is 136 Å². The first-order chi connectivity index (χ1) is 10.7. The number of amides is 1. The standard InChI is InChI=1S/C14H14ClN3O3S/c15-9-3-8(4-11-13(9)21-2-1-20-11)6-17-14(19)10-7-22-12(5-16)18-10/h3-4,7H,1-2,5-6,16H2,(H,17,19). The zero-order chi connectivity index (χ0) is 15.5. The molecule has 1 aromatic heterocycles. The van der Waals surface area contributed by atoms with Gasteiger partial charge >= 0.3 is 0 Å². The van der Waals surface area contributed by atoms with Gasteiger partial charge in [0.1, 0.15) is 23.9 Å². The van der Waals surface area contributed by atoms with E-state index in [1.807, 2.05) is 6.07 Å². The molecule has 0 fully saturated rings. The number of halogens is 1. The van der Waals surface area contributed by atoms with Gasteiger partial charge in [0.15, 0.2) is 11.5 Å². The molecule has 3 N–H and O–H groups in total. The minimum absolute atomic E-state index is 0.248. The number of rotatable bonds is 4. The third-order valence-electron chi connectivity index (χ3n) is 3.07. The highest BCUT2D eigenvalue weighted by Crippen LogP contribution is 2.38. The summed E-state index contributed by atoms with van der Waals surface area (Å²) in [6, 6.07) is 3.56. The molecule has 0 saturated heterocycles. The summed E-state index contributed by atoms with van der Waals surface area (Å²) in [5, 5.41) is 5.69. The Morgan fingerprint density at radius 1 is 1.41 bits per heavy atom. The average molecular weight is 340 g/mol. The fourth-order valence-corrected chi connectivity index (χ4v) is 2.99. The van der Waals surface area contributed by atoms with Gasteiger partial charge in [-0.15, -0.1) is 11.3 Å². The molecule has 2 aromatic rings. The van der Waals surface area contributed by atoms with Crippen LogP contribution in [0.1, 0.15) is 21.1 Å². The lowest BCUT2D eigenvalue weighted by atomic mass is 10.2. The normalized spacial score (nSPS) is 13.0. The Balaban J connectivity index is 1.68. The van der Waals surface area contributed by atoms with Crippen LogP contribution in [0, 0.1) is 0 Å². The molecule has 1 aliphatic rings. The first-order valence-electron chi connectivity index (χ1n) is 6.68. The molecule has 1 amide bonds. The maximum atomic E-state index is 12.0. The number of ether oxygens (including phenoxy) is 2. The summed E-state index contributed by atoms with van der Waals surface area (Å²) in [6.07, 6.45) is 0. The highest BCUT2D eigenvalue weighted by atomic mass is 35.5. The number of fused-ring (bicyclic) bond motifs is 1. The van der Waals surface area contributed by atoms with Crippen LogP contribution >= 0.6 is 22.9 Å². The summed E-state index contributed by atoms with van der Waals surface area (Å²) in [4.78, 5) is 16.2. The predicted octanol–water partition coefficient (Wildman–Crippen LogP) is 1.96. The summed E-state index contributed by atoms with van der Waals surface area (Å²) >= 11 is 7.53. The van der Waals surface area contributed by atoms with Crippen LogP contribution in [0.3, 0.4) is 0 Å².